The van der Waals surface area contributed by atoms with Crippen LogP contribution in [0.4, 0.5) is 0 Å². The highest BCUT2D eigenvalue weighted by Crippen LogP contribution is 2.41. The van der Waals surface area contributed by atoms with E-state index in [1.54, 1.807) is 0 Å². The molecule has 1 saturated heterocycles. The molecule has 3 nitrogen and oxygen atoms in total. The molecule has 1 heterocycles. The van der Waals surface area contributed by atoms with Crippen LogP contribution in [0.25, 0.3) is 0 Å². The van der Waals surface area contributed by atoms with Crippen LogP contribution in [-0.4, -0.2) is 31.0 Å². The zero-order chi connectivity index (χ0) is 13.9. The zero-order valence-electron chi connectivity index (χ0n) is 12.1. The van der Waals surface area contributed by atoms with Gasteiger partial charge in [0.1, 0.15) is 5.75 Å². The fourth-order valence-electron chi connectivity index (χ4n) is 2.79. The van der Waals surface area contributed by atoms with E-state index in [1.165, 1.54) is 5.56 Å². The molecule has 19 heavy (non-hydrogen) atoms. The van der Waals surface area contributed by atoms with Gasteiger partial charge in [0.15, 0.2) is 0 Å². The maximum Gasteiger partial charge on any atom is 0.119 e. The Morgan fingerprint density at radius 2 is 1.89 bits per heavy atom. The van der Waals surface area contributed by atoms with Crippen LogP contribution in [-0.2, 0) is 10.2 Å². The number of aliphatic hydroxyl groups is 1. The van der Waals surface area contributed by atoms with E-state index in [2.05, 4.69) is 19.1 Å². The third kappa shape index (κ3) is 2.77. The summed E-state index contributed by atoms with van der Waals surface area (Å²) in [7, 11) is 0. The van der Waals surface area contributed by atoms with Gasteiger partial charge < -0.3 is 14.6 Å². The molecule has 0 aliphatic carbocycles. The molecular formula is C16H24O3. The van der Waals surface area contributed by atoms with Gasteiger partial charge >= 0.3 is 0 Å². The van der Waals surface area contributed by atoms with Crippen molar-refractivity contribution in [3.8, 4) is 5.75 Å². The number of aliphatic hydroxyl groups excluding tert-OH is 1. The summed E-state index contributed by atoms with van der Waals surface area (Å²) in [6.45, 7) is 7.79. The fourth-order valence-corrected chi connectivity index (χ4v) is 2.79. The second kappa shape index (κ2) is 5.93. The molecule has 3 heteroatoms. The van der Waals surface area contributed by atoms with E-state index < -0.39 is 0 Å². The summed E-state index contributed by atoms with van der Waals surface area (Å²) in [5.74, 6) is 1.16. The van der Waals surface area contributed by atoms with Crippen molar-refractivity contribution >= 4 is 0 Å². The van der Waals surface area contributed by atoms with Crippen molar-refractivity contribution in [3.63, 3.8) is 0 Å². The summed E-state index contributed by atoms with van der Waals surface area (Å²) in [6, 6.07) is 8.25. The van der Waals surface area contributed by atoms with Crippen molar-refractivity contribution in [2.75, 3.05) is 19.8 Å². The van der Waals surface area contributed by atoms with Crippen LogP contribution in [0.2, 0.25) is 0 Å². The second-order valence-electron chi connectivity index (χ2n) is 5.63. The molecule has 0 saturated carbocycles. The van der Waals surface area contributed by atoms with E-state index in [0.717, 1.165) is 12.2 Å². The van der Waals surface area contributed by atoms with Gasteiger partial charge in [0.25, 0.3) is 0 Å². The molecule has 1 aromatic carbocycles. The molecule has 0 radical (unpaired) electrons. The predicted molar refractivity (Wildman–Crippen MR) is 75.6 cm³/mol. The van der Waals surface area contributed by atoms with Crippen molar-refractivity contribution < 1.29 is 14.6 Å². The van der Waals surface area contributed by atoms with Gasteiger partial charge in [0.05, 0.1) is 19.3 Å². The molecular weight excluding hydrogens is 240 g/mol. The van der Waals surface area contributed by atoms with E-state index in [4.69, 9.17) is 9.47 Å². The molecule has 0 bridgehead atoms. The Hall–Kier alpha value is -1.06. The average Bonchev–Trinajstić information content (AvgIpc) is 2.34. The standard InChI is InChI=1S/C16H24O3/c1-4-13(9-17)16(10-18-11-16)14-5-7-15(8-6-14)19-12(2)3/h5-8,12-13,17H,4,9-11H2,1-3H3. The van der Waals surface area contributed by atoms with Crippen LogP contribution in [0.3, 0.4) is 0 Å². The molecule has 1 N–H and O–H groups in total. The number of hydrogen-bond acceptors (Lipinski definition) is 3. The largest absolute Gasteiger partial charge is 0.491 e. The van der Waals surface area contributed by atoms with Gasteiger partial charge in [0.2, 0.25) is 0 Å². The highest BCUT2D eigenvalue weighted by Gasteiger charge is 2.45. The van der Waals surface area contributed by atoms with Crippen LogP contribution < -0.4 is 4.74 Å². The minimum Gasteiger partial charge on any atom is -0.491 e. The van der Waals surface area contributed by atoms with Gasteiger partial charge in [-0.05, 0) is 37.5 Å². The van der Waals surface area contributed by atoms with Crippen molar-refractivity contribution in [1.82, 2.24) is 0 Å². The number of rotatable bonds is 6. The van der Waals surface area contributed by atoms with E-state index in [9.17, 15) is 5.11 Å². The summed E-state index contributed by atoms with van der Waals surface area (Å²) in [6.07, 6.45) is 1.15. The van der Waals surface area contributed by atoms with Crippen molar-refractivity contribution in [3.05, 3.63) is 29.8 Å². The summed E-state index contributed by atoms with van der Waals surface area (Å²) in [5, 5.41) is 9.58. The van der Waals surface area contributed by atoms with E-state index >= 15 is 0 Å². The van der Waals surface area contributed by atoms with Crippen molar-refractivity contribution in [2.24, 2.45) is 5.92 Å². The Balaban J connectivity index is 2.19. The molecule has 1 unspecified atom stereocenters. The summed E-state index contributed by atoms with van der Waals surface area (Å²) in [5.41, 5.74) is 1.23. The molecule has 2 rings (SSSR count). The smallest absolute Gasteiger partial charge is 0.119 e. The van der Waals surface area contributed by atoms with E-state index in [0.29, 0.717) is 13.2 Å². The number of benzene rings is 1. The minimum atomic E-state index is -0.0140. The Bertz CT molecular complexity index is 389. The third-order valence-corrected chi connectivity index (χ3v) is 4.01. The second-order valence-corrected chi connectivity index (χ2v) is 5.63. The quantitative estimate of drug-likeness (QED) is 0.858. The first-order valence-corrected chi connectivity index (χ1v) is 7.08. The summed E-state index contributed by atoms with van der Waals surface area (Å²) in [4.78, 5) is 0. The van der Waals surface area contributed by atoms with Gasteiger partial charge in [-0.2, -0.15) is 0 Å². The average molecular weight is 264 g/mol. The van der Waals surface area contributed by atoms with E-state index in [1.807, 2.05) is 26.0 Å². The van der Waals surface area contributed by atoms with Gasteiger partial charge in [-0.3, -0.25) is 0 Å². The molecule has 106 valence electrons. The highest BCUT2D eigenvalue weighted by atomic mass is 16.5. The monoisotopic (exact) mass is 264 g/mol. The first kappa shape index (κ1) is 14.4. The zero-order valence-corrected chi connectivity index (χ0v) is 12.1. The Morgan fingerprint density at radius 1 is 1.26 bits per heavy atom. The van der Waals surface area contributed by atoms with Crippen molar-refractivity contribution in [2.45, 2.75) is 38.7 Å². The van der Waals surface area contributed by atoms with Crippen LogP contribution >= 0.6 is 0 Å². The number of hydrogen-bond donors (Lipinski definition) is 1. The predicted octanol–water partition coefficient (Wildman–Crippen LogP) is 2.76. The van der Waals surface area contributed by atoms with Crippen LogP contribution in [0.1, 0.15) is 32.8 Å². The summed E-state index contributed by atoms with van der Waals surface area (Å²) >= 11 is 0. The number of ether oxygens (including phenoxy) is 2. The fraction of sp³-hybridized carbons (Fsp3) is 0.625. The maximum absolute atomic E-state index is 9.58. The van der Waals surface area contributed by atoms with Crippen LogP contribution in [0, 0.1) is 5.92 Å². The maximum atomic E-state index is 9.58. The van der Waals surface area contributed by atoms with E-state index in [-0.39, 0.29) is 24.0 Å². The Morgan fingerprint density at radius 3 is 2.26 bits per heavy atom. The minimum absolute atomic E-state index is 0.0140. The topological polar surface area (TPSA) is 38.7 Å². The Labute approximate surface area is 115 Å². The van der Waals surface area contributed by atoms with Crippen LogP contribution in [0.15, 0.2) is 24.3 Å². The van der Waals surface area contributed by atoms with Gasteiger partial charge in [-0.25, -0.2) is 0 Å². The lowest BCUT2D eigenvalue weighted by Crippen LogP contribution is -2.53. The first-order chi connectivity index (χ1) is 9.12. The first-order valence-electron chi connectivity index (χ1n) is 7.08. The highest BCUT2D eigenvalue weighted by molar-refractivity contribution is 5.35. The molecule has 1 fully saturated rings. The Kier molecular flexibility index (Phi) is 4.48. The molecule has 0 aromatic heterocycles. The molecule has 1 aliphatic rings. The van der Waals surface area contributed by atoms with Gasteiger partial charge in [0, 0.05) is 12.0 Å². The molecule has 1 atom stereocenters. The lowest BCUT2D eigenvalue weighted by Gasteiger charge is -2.47. The SMILES string of the molecule is CCC(CO)C1(c2ccc(OC(C)C)cc2)COC1. The molecule has 1 aromatic rings. The molecule has 1 aliphatic heterocycles. The molecule has 0 spiro atoms. The van der Waals surface area contributed by atoms with Crippen LogP contribution in [0.5, 0.6) is 5.75 Å². The van der Waals surface area contributed by atoms with Gasteiger partial charge in [-0.15, -0.1) is 0 Å². The lowest BCUT2D eigenvalue weighted by atomic mass is 9.68. The third-order valence-electron chi connectivity index (χ3n) is 4.01. The normalized spacial score (nSPS) is 19.0. The molecule has 0 amide bonds. The summed E-state index contributed by atoms with van der Waals surface area (Å²) < 4.78 is 11.1. The van der Waals surface area contributed by atoms with Crippen molar-refractivity contribution in [1.29, 1.82) is 0 Å². The van der Waals surface area contributed by atoms with Gasteiger partial charge in [-0.1, -0.05) is 25.5 Å². The lowest BCUT2D eigenvalue weighted by molar-refractivity contribution is -0.101.